The predicted octanol–water partition coefficient (Wildman–Crippen LogP) is 5.63. The lowest BCUT2D eigenvalue weighted by molar-refractivity contribution is -0.137. The molecule has 3 heterocycles. The molecule has 0 saturated heterocycles. The summed E-state index contributed by atoms with van der Waals surface area (Å²) in [5.41, 5.74) is -0.430. The lowest BCUT2D eigenvalue weighted by Gasteiger charge is -2.26. The molecule has 0 bridgehead atoms. The Morgan fingerprint density at radius 3 is 2.59 bits per heavy atom. The number of pyridine rings is 1. The van der Waals surface area contributed by atoms with E-state index in [0.29, 0.717) is 16.7 Å². The number of halogens is 3. The summed E-state index contributed by atoms with van der Waals surface area (Å²) in [5.74, 6) is -2.24. The highest BCUT2D eigenvalue weighted by atomic mass is 19.4. The van der Waals surface area contributed by atoms with Gasteiger partial charge in [0.05, 0.1) is 23.9 Å². The number of alkyl halides is 3. The smallest absolute Gasteiger partial charge is 0.416 e. The van der Waals surface area contributed by atoms with Gasteiger partial charge in [-0.25, -0.2) is 0 Å². The van der Waals surface area contributed by atoms with Crippen LogP contribution in [0.4, 0.5) is 13.2 Å². The number of furan rings is 1. The van der Waals surface area contributed by atoms with Crippen molar-refractivity contribution < 1.29 is 37.0 Å². The number of fused-ring (bicyclic) bond motifs is 1. The van der Waals surface area contributed by atoms with Crippen LogP contribution in [0.1, 0.15) is 33.4 Å². The van der Waals surface area contributed by atoms with E-state index in [1.165, 1.54) is 31.5 Å². The number of para-hydroxylation sites is 1. The van der Waals surface area contributed by atoms with Gasteiger partial charge in [-0.3, -0.25) is 14.6 Å². The van der Waals surface area contributed by atoms with E-state index in [2.05, 4.69) is 4.98 Å². The van der Waals surface area contributed by atoms with Crippen LogP contribution in [0.25, 0.3) is 11.0 Å². The van der Waals surface area contributed by atoms with E-state index >= 15 is 0 Å². The summed E-state index contributed by atoms with van der Waals surface area (Å²) in [7, 11) is 1.45. The molecular weight excluding hydrogens is 489 g/mol. The lowest BCUT2D eigenvalue weighted by Crippen LogP contribution is -2.31. The van der Waals surface area contributed by atoms with E-state index in [0.717, 1.165) is 17.0 Å². The van der Waals surface area contributed by atoms with E-state index < -0.39 is 35.2 Å². The summed E-state index contributed by atoms with van der Waals surface area (Å²) < 4.78 is 50.8. The lowest BCUT2D eigenvalue weighted by atomic mass is 9.98. The molecule has 1 aliphatic heterocycles. The third-order valence-electron chi connectivity index (χ3n) is 6.08. The average Bonchev–Trinajstić information content (AvgIpc) is 3.44. The second-order valence-corrected chi connectivity index (χ2v) is 8.37. The number of amides is 1. The second-order valence-electron chi connectivity index (χ2n) is 8.37. The normalized spacial score (nSPS) is 16.1. The molecule has 0 radical (unpaired) electrons. The summed E-state index contributed by atoms with van der Waals surface area (Å²) in [6, 6.07) is 14.7. The largest absolute Gasteiger partial charge is 0.503 e. The van der Waals surface area contributed by atoms with Crippen LogP contribution >= 0.6 is 0 Å². The first-order chi connectivity index (χ1) is 17.7. The van der Waals surface area contributed by atoms with Crippen molar-refractivity contribution in [2.24, 2.45) is 0 Å². The number of nitrogens with zero attached hydrogens (tertiary/aromatic N) is 2. The molecule has 1 unspecified atom stereocenters. The van der Waals surface area contributed by atoms with Gasteiger partial charge in [-0.2, -0.15) is 13.2 Å². The highest BCUT2D eigenvalue weighted by Gasteiger charge is 2.45. The van der Waals surface area contributed by atoms with E-state index in [9.17, 15) is 27.9 Å². The molecule has 37 heavy (non-hydrogen) atoms. The first-order valence-electron chi connectivity index (χ1n) is 11.1. The zero-order chi connectivity index (χ0) is 26.3. The predicted molar refractivity (Wildman–Crippen MR) is 126 cm³/mol. The fourth-order valence-corrected chi connectivity index (χ4v) is 4.38. The summed E-state index contributed by atoms with van der Waals surface area (Å²) >= 11 is 0. The number of ether oxygens (including phenoxy) is 1. The first kappa shape index (κ1) is 24.1. The van der Waals surface area contributed by atoms with Gasteiger partial charge in [0.25, 0.3) is 5.91 Å². The fourth-order valence-electron chi connectivity index (χ4n) is 4.38. The maximum absolute atomic E-state index is 13.6. The summed E-state index contributed by atoms with van der Waals surface area (Å²) in [6.07, 6.45) is -3.12. The van der Waals surface area contributed by atoms with Gasteiger partial charge in [0.15, 0.2) is 22.9 Å². The number of hydrogen-bond acceptors (Lipinski definition) is 6. The molecule has 188 valence electrons. The number of aliphatic hydroxyl groups is 1. The van der Waals surface area contributed by atoms with Crippen molar-refractivity contribution in [3.63, 3.8) is 0 Å². The molecule has 0 saturated carbocycles. The van der Waals surface area contributed by atoms with E-state index in [1.54, 1.807) is 36.4 Å². The van der Waals surface area contributed by atoms with Gasteiger partial charge < -0.3 is 19.2 Å². The average molecular weight is 508 g/mol. The Hall–Kier alpha value is -4.60. The number of aromatic nitrogens is 1. The Morgan fingerprint density at radius 1 is 1.11 bits per heavy atom. The highest BCUT2D eigenvalue weighted by Crippen LogP contribution is 2.41. The van der Waals surface area contributed by atoms with Crippen molar-refractivity contribution in [2.45, 2.75) is 18.8 Å². The van der Waals surface area contributed by atoms with Crippen LogP contribution in [0.5, 0.6) is 5.75 Å². The Balaban J connectivity index is 1.57. The molecule has 10 heteroatoms. The van der Waals surface area contributed by atoms with Crippen LogP contribution in [0.3, 0.4) is 0 Å². The third kappa shape index (κ3) is 4.31. The molecule has 7 nitrogen and oxygen atoms in total. The van der Waals surface area contributed by atoms with E-state index in [-0.39, 0.29) is 29.1 Å². The maximum Gasteiger partial charge on any atom is 0.416 e. The van der Waals surface area contributed by atoms with Crippen molar-refractivity contribution in [1.82, 2.24) is 9.88 Å². The van der Waals surface area contributed by atoms with Crippen LogP contribution < -0.4 is 4.74 Å². The number of rotatable bonds is 6. The van der Waals surface area contributed by atoms with E-state index in [4.69, 9.17) is 9.15 Å². The Kier molecular flexibility index (Phi) is 5.94. The quantitative estimate of drug-likeness (QED) is 0.339. The number of hydrogen-bond donors (Lipinski definition) is 1. The summed E-state index contributed by atoms with van der Waals surface area (Å²) in [6.45, 7) is -0.307. The van der Waals surface area contributed by atoms with Crippen LogP contribution in [0.15, 0.2) is 88.7 Å². The third-order valence-corrected chi connectivity index (χ3v) is 6.08. The summed E-state index contributed by atoms with van der Waals surface area (Å²) in [4.78, 5) is 32.2. The highest BCUT2D eigenvalue weighted by molar-refractivity contribution is 6.16. The minimum Gasteiger partial charge on any atom is -0.503 e. The zero-order valence-electron chi connectivity index (χ0n) is 19.3. The summed E-state index contributed by atoms with van der Waals surface area (Å²) in [5, 5.41) is 11.4. The van der Waals surface area contributed by atoms with Crippen molar-refractivity contribution in [1.29, 1.82) is 0 Å². The van der Waals surface area contributed by atoms with Crippen molar-refractivity contribution >= 4 is 22.7 Å². The van der Waals surface area contributed by atoms with Crippen LogP contribution in [-0.4, -0.2) is 33.8 Å². The molecule has 0 fully saturated rings. The Labute approximate surface area is 208 Å². The number of benzene rings is 2. The molecule has 2 aromatic carbocycles. The number of ketones is 1. The molecule has 1 aliphatic rings. The number of Topliss-reactive ketones (excluding diaryl/α,β-unsaturated/α-hetero) is 1. The molecule has 4 aromatic rings. The van der Waals surface area contributed by atoms with Crippen molar-refractivity contribution in [3.05, 3.63) is 107 Å². The van der Waals surface area contributed by atoms with Gasteiger partial charge >= 0.3 is 6.18 Å². The fraction of sp³-hybridized carbons (Fsp3) is 0.148. The maximum atomic E-state index is 13.6. The van der Waals surface area contributed by atoms with Gasteiger partial charge in [-0.15, -0.1) is 0 Å². The van der Waals surface area contributed by atoms with Crippen molar-refractivity contribution in [3.8, 4) is 5.75 Å². The monoisotopic (exact) mass is 508 g/mol. The van der Waals surface area contributed by atoms with Gasteiger partial charge in [0.1, 0.15) is 6.04 Å². The minimum atomic E-state index is -4.57. The number of aliphatic hydroxyl groups excluding tert-OH is 1. The molecule has 1 atom stereocenters. The molecule has 0 aliphatic carbocycles. The van der Waals surface area contributed by atoms with Crippen LogP contribution in [0, 0.1) is 0 Å². The molecule has 1 N–H and O–H groups in total. The second kappa shape index (κ2) is 9.12. The number of carbonyl (C=O) groups is 2. The standard InChI is InChI=1S/C27H19F3N2O5/c1-36-19-10-5-7-16-13-20(37-25(16)19)23(33)21-22(18-9-2-3-11-31-18)32(26(35)24(21)34)14-15-6-4-8-17(12-15)27(28,29)30/h2-13,22,34H,14H2,1H3. The van der Waals surface area contributed by atoms with Gasteiger partial charge in [0, 0.05) is 18.1 Å². The number of carbonyl (C=O) groups excluding carboxylic acids is 2. The Morgan fingerprint density at radius 2 is 1.89 bits per heavy atom. The van der Waals surface area contributed by atoms with Gasteiger partial charge in [-0.05, 0) is 42.0 Å². The molecule has 1 amide bonds. The van der Waals surface area contributed by atoms with Gasteiger partial charge in [-0.1, -0.05) is 30.3 Å². The first-order valence-corrected chi connectivity index (χ1v) is 11.1. The Bertz CT molecular complexity index is 1540. The molecule has 2 aromatic heterocycles. The molecule has 0 spiro atoms. The molecule has 5 rings (SSSR count). The van der Waals surface area contributed by atoms with E-state index in [1.807, 2.05) is 0 Å². The minimum absolute atomic E-state index is 0.143. The molecular formula is C27H19F3N2O5. The topological polar surface area (TPSA) is 92.9 Å². The van der Waals surface area contributed by atoms with Crippen molar-refractivity contribution in [2.75, 3.05) is 7.11 Å². The van der Waals surface area contributed by atoms with Crippen LogP contribution in [-0.2, 0) is 17.5 Å². The zero-order valence-corrected chi connectivity index (χ0v) is 19.3. The number of methoxy groups -OCH3 is 1. The SMILES string of the molecule is COc1cccc2cc(C(=O)C3=C(O)C(=O)N(Cc4cccc(C(F)(F)F)c4)C3c3ccccn3)oc12. The van der Waals surface area contributed by atoms with Gasteiger partial charge in [0.2, 0.25) is 5.78 Å². The van der Waals surface area contributed by atoms with Crippen LogP contribution in [0.2, 0.25) is 0 Å².